The van der Waals surface area contributed by atoms with Crippen LogP contribution in [0.15, 0.2) is 77.0 Å². The van der Waals surface area contributed by atoms with Gasteiger partial charge in [-0.2, -0.15) is 5.10 Å². The second kappa shape index (κ2) is 11.5. The first-order valence-corrected chi connectivity index (χ1v) is 13.4. The minimum absolute atomic E-state index is 0.0554. The zero-order valence-corrected chi connectivity index (χ0v) is 23.3. The SMILES string of the molecule is Cc1ccc(-n2c(SCC(=O)N/N=C/c3ccc(Cl)c(Cl)c3)nnc2-c2ccc(C(C)(C)C)cc2)cc1. The Morgan fingerprint density at radius 2 is 1.70 bits per heavy atom. The highest BCUT2D eigenvalue weighted by molar-refractivity contribution is 7.99. The molecule has 0 spiro atoms. The normalized spacial score (nSPS) is 11.7. The van der Waals surface area contributed by atoms with E-state index in [1.807, 2.05) is 35.8 Å². The quantitative estimate of drug-likeness (QED) is 0.151. The number of hydrogen-bond acceptors (Lipinski definition) is 5. The van der Waals surface area contributed by atoms with Gasteiger partial charge < -0.3 is 0 Å². The van der Waals surface area contributed by atoms with Gasteiger partial charge in [0.05, 0.1) is 22.0 Å². The fraction of sp³-hybridized carbons (Fsp3) is 0.214. The van der Waals surface area contributed by atoms with E-state index in [0.717, 1.165) is 22.4 Å². The lowest BCUT2D eigenvalue weighted by molar-refractivity contribution is -0.118. The molecular formula is C28H27Cl2N5OS. The molecule has 1 heterocycles. The molecular weight excluding hydrogens is 525 g/mol. The van der Waals surface area contributed by atoms with E-state index in [9.17, 15) is 4.79 Å². The van der Waals surface area contributed by atoms with Gasteiger partial charge in [0.1, 0.15) is 0 Å². The van der Waals surface area contributed by atoms with Crippen molar-refractivity contribution in [1.29, 1.82) is 0 Å². The van der Waals surface area contributed by atoms with Crippen LogP contribution < -0.4 is 5.43 Å². The molecule has 0 bridgehead atoms. The van der Waals surface area contributed by atoms with E-state index in [0.29, 0.717) is 21.0 Å². The van der Waals surface area contributed by atoms with Gasteiger partial charge in [-0.15, -0.1) is 10.2 Å². The Morgan fingerprint density at radius 3 is 2.35 bits per heavy atom. The molecule has 190 valence electrons. The van der Waals surface area contributed by atoms with Crippen molar-refractivity contribution < 1.29 is 4.79 Å². The van der Waals surface area contributed by atoms with Crippen LogP contribution in [0.1, 0.15) is 37.5 Å². The highest BCUT2D eigenvalue weighted by Crippen LogP contribution is 2.30. The Morgan fingerprint density at radius 1 is 1.00 bits per heavy atom. The maximum atomic E-state index is 12.5. The van der Waals surface area contributed by atoms with Gasteiger partial charge >= 0.3 is 0 Å². The highest BCUT2D eigenvalue weighted by atomic mass is 35.5. The number of carbonyl (C=O) groups is 1. The van der Waals surface area contributed by atoms with Crippen molar-refractivity contribution in [1.82, 2.24) is 20.2 Å². The topological polar surface area (TPSA) is 72.2 Å². The minimum atomic E-state index is -0.268. The highest BCUT2D eigenvalue weighted by Gasteiger charge is 2.19. The van der Waals surface area contributed by atoms with Crippen molar-refractivity contribution >= 4 is 47.1 Å². The molecule has 0 atom stereocenters. The predicted octanol–water partition coefficient (Wildman–Crippen LogP) is 7.09. The molecule has 0 saturated carbocycles. The Bertz CT molecular complexity index is 1420. The summed E-state index contributed by atoms with van der Waals surface area (Å²) in [6.45, 7) is 8.60. The summed E-state index contributed by atoms with van der Waals surface area (Å²) in [7, 11) is 0. The van der Waals surface area contributed by atoms with Gasteiger partial charge in [0.2, 0.25) is 0 Å². The van der Waals surface area contributed by atoms with Crippen LogP contribution in [-0.2, 0) is 10.2 Å². The van der Waals surface area contributed by atoms with Crippen LogP contribution in [0, 0.1) is 6.92 Å². The number of benzene rings is 3. The molecule has 0 saturated heterocycles. The van der Waals surface area contributed by atoms with Crippen LogP contribution in [0.3, 0.4) is 0 Å². The van der Waals surface area contributed by atoms with E-state index in [-0.39, 0.29) is 17.1 Å². The zero-order chi connectivity index (χ0) is 26.6. The van der Waals surface area contributed by atoms with Gasteiger partial charge in [-0.1, -0.05) is 104 Å². The number of hydrazone groups is 1. The molecule has 4 rings (SSSR count). The maximum Gasteiger partial charge on any atom is 0.250 e. The fourth-order valence-corrected chi connectivity index (χ4v) is 4.58. The van der Waals surface area contributed by atoms with Gasteiger partial charge in [0.25, 0.3) is 5.91 Å². The molecule has 3 aromatic carbocycles. The van der Waals surface area contributed by atoms with Crippen LogP contribution in [-0.4, -0.2) is 32.6 Å². The van der Waals surface area contributed by atoms with Crippen LogP contribution in [0.4, 0.5) is 0 Å². The average molecular weight is 553 g/mol. The third-order valence-electron chi connectivity index (χ3n) is 5.61. The molecule has 0 aliphatic heterocycles. The fourth-order valence-electron chi connectivity index (χ4n) is 3.53. The molecule has 0 unspecified atom stereocenters. The molecule has 0 radical (unpaired) electrons. The summed E-state index contributed by atoms with van der Waals surface area (Å²) in [4.78, 5) is 12.5. The Balaban J connectivity index is 1.53. The summed E-state index contributed by atoms with van der Waals surface area (Å²) < 4.78 is 1.97. The summed E-state index contributed by atoms with van der Waals surface area (Å²) in [6.07, 6.45) is 1.51. The monoisotopic (exact) mass is 551 g/mol. The van der Waals surface area contributed by atoms with Crippen molar-refractivity contribution in [3.8, 4) is 17.1 Å². The molecule has 0 fully saturated rings. The molecule has 37 heavy (non-hydrogen) atoms. The van der Waals surface area contributed by atoms with E-state index in [1.165, 1.54) is 23.5 Å². The van der Waals surface area contributed by atoms with Crippen molar-refractivity contribution in [3.63, 3.8) is 0 Å². The van der Waals surface area contributed by atoms with E-state index >= 15 is 0 Å². The first-order valence-electron chi connectivity index (χ1n) is 11.6. The summed E-state index contributed by atoms with van der Waals surface area (Å²) in [5, 5.41) is 14.4. The van der Waals surface area contributed by atoms with Crippen molar-refractivity contribution in [2.24, 2.45) is 5.10 Å². The number of aromatic nitrogens is 3. The Hall–Kier alpha value is -3.13. The number of aryl methyl sites for hydroxylation is 1. The largest absolute Gasteiger partial charge is 0.272 e. The number of hydrogen-bond donors (Lipinski definition) is 1. The first kappa shape index (κ1) is 26.9. The number of thioether (sulfide) groups is 1. The smallest absolute Gasteiger partial charge is 0.250 e. The second-order valence-electron chi connectivity index (χ2n) is 9.56. The third kappa shape index (κ3) is 6.80. The predicted molar refractivity (Wildman–Crippen MR) is 153 cm³/mol. The molecule has 9 heteroatoms. The summed E-state index contributed by atoms with van der Waals surface area (Å²) in [5.74, 6) is 0.562. The lowest BCUT2D eigenvalue weighted by atomic mass is 9.87. The number of nitrogens with zero attached hydrogens (tertiary/aromatic N) is 4. The maximum absolute atomic E-state index is 12.5. The summed E-state index contributed by atoms with van der Waals surface area (Å²) in [6, 6.07) is 21.6. The number of amides is 1. The lowest BCUT2D eigenvalue weighted by Crippen LogP contribution is -2.20. The molecule has 1 aromatic heterocycles. The number of carbonyl (C=O) groups excluding carboxylic acids is 1. The molecule has 1 N–H and O–H groups in total. The Labute approximate surface area is 231 Å². The Kier molecular flexibility index (Phi) is 8.37. The minimum Gasteiger partial charge on any atom is -0.272 e. The van der Waals surface area contributed by atoms with Crippen molar-refractivity contribution in [2.45, 2.75) is 38.3 Å². The number of nitrogens with one attached hydrogen (secondary N) is 1. The van der Waals surface area contributed by atoms with Crippen molar-refractivity contribution in [2.75, 3.05) is 5.75 Å². The van der Waals surface area contributed by atoms with E-state index in [4.69, 9.17) is 23.2 Å². The standard InChI is InChI=1S/C28H27Cl2N5OS/c1-18-5-12-22(13-6-18)35-26(20-8-10-21(11-9-20)28(2,3)4)33-34-27(35)37-17-25(36)32-31-16-19-7-14-23(29)24(30)15-19/h5-16H,17H2,1-4H3,(H,32,36)/b31-16+. The molecule has 0 aliphatic rings. The first-order chi connectivity index (χ1) is 17.6. The summed E-state index contributed by atoms with van der Waals surface area (Å²) in [5.41, 5.74) is 7.58. The molecule has 4 aromatic rings. The molecule has 6 nitrogen and oxygen atoms in total. The molecule has 1 amide bonds. The van der Waals surface area contributed by atoms with E-state index in [1.54, 1.807) is 18.2 Å². The van der Waals surface area contributed by atoms with E-state index in [2.05, 4.69) is 65.8 Å². The van der Waals surface area contributed by atoms with Gasteiger partial charge in [0.15, 0.2) is 11.0 Å². The van der Waals surface area contributed by atoms with Gasteiger partial charge in [0, 0.05) is 11.3 Å². The van der Waals surface area contributed by atoms with Gasteiger partial charge in [-0.25, -0.2) is 5.43 Å². The van der Waals surface area contributed by atoms with Gasteiger partial charge in [-0.05, 0) is 47.7 Å². The van der Waals surface area contributed by atoms with E-state index < -0.39 is 0 Å². The van der Waals surface area contributed by atoms with Crippen LogP contribution in [0.5, 0.6) is 0 Å². The van der Waals surface area contributed by atoms with Crippen LogP contribution in [0.2, 0.25) is 10.0 Å². The number of halogens is 2. The lowest BCUT2D eigenvalue weighted by Gasteiger charge is -2.19. The number of rotatable bonds is 7. The van der Waals surface area contributed by atoms with Crippen LogP contribution in [0.25, 0.3) is 17.1 Å². The molecule has 0 aliphatic carbocycles. The zero-order valence-electron chi connectivity index (χ0n) is 21.0. The summed E-state index contributed by atoms with van der Waals surface area (Å²) >= 11 is 13.2. The van der Waals surface area contributed by atoms with Crippen LogP contribution >= 0.6 is 35.0 Å². The van der Waals surface area contributed by atoms with Gasteiger partial charge in [-0.3, -0.25) is 9.36 Å². The third-order valence-corrected chi connectivity index (χ3v) is 7.28. The second-order valence-corrected chi connectivity index (χ2v) is 11.3. The average Bonchev–Trinajstić information content (AvgIpc) is 3.29. The van der Waals surface area contributed by atoms with Crippen molar-refractivity contribution in [3.05, 3.63) is 93.5 Å².